The van der Waals surface area contributed by atoms with Gasteiger partial charge in [-0.1, -0.05) is 25.2 Å². The summed E-state index contributed by atoms with van der Waals surface area (Å²) in [7, 11) is 0. The highest BCUT2D eigenvalue weighted by molar-refractivity contribution is 7.80. The summed E-state index contributed by atoms with van der Waals surface area (Å²) in [6.07, 6.45) is 0.745. The van der Waals surface area contributed by atoms with Crippen LogP contribution in [0.3, 0.4) is 0 Å². The topological polar surface area (TPSA) is 58.4 Å². The van der Waals surface area contributed by atoms with Gasteiger partial charge in [-0.15, -0.1) is 0 Å². The minimum atomic E-state index is -0.412. The SMILES string of the molecule is CCC1C(=O)NCCN1Cc1ccc(F)c(C(N)=S)c1. The molecule has 1 aliphatic heterocycles. The van der Waals surface area contributed by atoms with E-state index in [1.807, 2.05) is 6.92 Å². The molecule has 0 spiro atoms. The molecule has 1 heterocycles. The van der Waals surface area contributed by atoms with Crippen LogP contribution < -0.4 is 11.1 Å². The first kappa shape index (κ1) is 14.9. The standard InChI is InChI=1S/C14H18FN3OS/c1-2-12-14(19)17-5-6-18(12)8-9-3-4-11(15)10(7-9)13(16)20/h3-4,7,12H,2,5-6,8H2,1H3,(H2,16,20)(H,17,19). The Bertz CT molecular complexity index is 535. The molecule has 1 aromatic rings. The maximum absolute atomic E-state index is 13.6. The highest BCUT2D eigenvalue weighted by Crippen LogP contribution is 2.16. The number of hydrogen-bond acceptors (Lipinski definition) is 3. The van der Waals surface area contributed by atoms with Gasteiger partial charge in [0.15, 0.2) is 0 Å². The van der Waals surface area contributed by atoms with Gasteiger partial charge in [-0.3, -0.25) is 9.69 Å². The Morgan fingerprint density at radius 2 is 2.35 bits per heavy atom. The van der Waals surface area contributed by atoms with E-state index in [4.69, 9.17) is 18.0 Å². The molecule has 1 atom stereocenters. The van der Waals surface area contributed by atoms with Crippen LogP contribution in [0.25, 0.3) is 0 Å². The predicted octanol–water partition coefficient (Wildman–Crippen LogP) is 1.17. The Hall–Kier alpha value is -1.53. The molecule has 108 valence electrons. The zero-order chi connectivity index (χ0) is 14.7. The van der Waals surface area contributed by atoms with Gasteiger partial charge in [0.2, 0.25) is 5.91 Å². The number of rotatable bonds is 4. The maximum atomic E-state index is 13.6. The number of piperazine rings is 1. The summed E-state index contributed by atoms with van der Waals surface area (Å²) in [5.74, 6) is -0.361. The van der Waals surface area contributed by atoms with Crippen LogP contribution in [-0.2, 0) is 11.3 Å². The van der Waals surface area contributed by atoms with Gasteiger partial charge in [-0.25, -0.2) is 4.39 Å². The first-order valence-corrected chi connectivity index (χ1v) is 7.03. The molecule has 1 fully saturated rings. The molecule has 1 aliphatic rings. The van der Waals surface area contributed by atoms with Crippen LogP contribution in [-0.4, -0.2) is 34.9 Å². The third-order valence-electron chi connectivity index (χ3n) is 3.51. The average Bonchev–Trinajstić information content (AvgIpc) is 2.41. The molecule has 3 N–H and O–H groups in total. The molecule has 0 saturated carbocycles. The molecule has 0 aliphatic carbocycles. The van der Waals surface area contributed by atoms with Crippen molar-refractivity contribution in [2.24, 2.45) is 5.73 Å². The van der Waals surface area contributed by atoms with Crippen molar-refractivity contribution in [3.63, 3.8) is 0 Å². The lowest BCUT2D eigenvalue weighted by molar-refractivity contribution is -0.129. The minimum Gasteiger partial charge on any atom is -0.389 e. The summed E-state index contributed by atoms with van der Waals surface area (Å²) in [6.45, 7) is 3.98. The first-order chi connectivity index (χ1) is 9.52. The van der Waals surface area contributed by atoms with Gasteiger partial charge >= 0.3 is 0 Å². The van der Waals surface area contributed by atoms with E-state index >= 15 is 0 Å². The molecule has 0 radical (unpaired) electrons. The highest BCUT2D eigenvalue weighted by Gasteiger charge is 2.27. The van der Waals surface area contributed by atoms with Crippen molar-refractivity contribution in [3.8, 4) is 0 Å². The second kappa shape index (κ2) is 6.28. The van der Waals surface area contributed by atoms with Crippen molar-refractivity contribution in [3.05, 3.63) is 35.1 Å². The maximum Gasteiger partial charge on any atom is 0.237 e. The number of carbonyl (C=O) groups is 1. The number of amides is 1. The largest absolute Gasteiger partial charge is 0.389 e. The number of hydrogen-bond donors (Lipinski definition) is 2. The molecular weight excluding hydrogens is 277 g/mol. The summed E-state index contributed by atoms with van der Waals surface area (Å²) in [4.78, 5) is 13.9. The lowest BCUT2D eigenvalue weighted by atomic mass is 10.1. The Balaban J connectivity index is 2.18. The third-order valence-corrected chi connectivity index (χ3v) is 3.73. The molecule has 20 heavy (non-hydrogen) atoms. The van der Waals surface area contributed by atoms with E-state index in [0.29, 0.717) is 13.1 Å². The third kappa shape index (κ3) is 3.13. The van der Waals surface area contributed by atoms with Gasteiger partial charge in [0.1, 0.15) is 10.8 Å². The molecule has 4 nitrogen and oxygen atoms in total. The van der Waals surface area contributed by atoms with Gasteiger partial charge in [-0.05, 0) is 24.1 Å². The summed E-state index contributed by atoms with van der Waals surface area (Å²) in [6, 6.07) is 4.60. The monoisotopic (exact) mass is 295 g/mol. The van der Waals surface area contributed by atoms with E-state index in [1.54, 1.807) is 12.1 Å². The highest BCUT2D eigenvalue weighted by atomic mass is 32.1. The molecule has 1 saturated heterocycles. The first-order valence-electron chi connectivity index (χ1n) is 6.63. The van der Waals surface area contributed by atoms with Gasteiger partial charge in [-0.2, -0.15) is 0 Å². The van der Waals surface area contributed by atoms with E-state index in [2.05, 4.69) is 10.2 Å². The van der Waals surface area contributed by atoms with E-state index in [1.165, 1.54) is 6.07 Å². The molecule has 0 aromatic heterocycles. The molecule has 1 amide bonds. The van der Waals surface area contributed by atoms with Crippen molar-refractivity contribution >= 4 is 23.1 Å². The second-order valence-electron chi connectivity index (χ2n) is 4.86. The normalized spacial score (nSPS) is 19.7. The lowest BCUT2D eigenvalue weighted by Crippen LogP contribution is -2.54. The van der Waals surface area contributed by atoms with Crippen LogP contribution in [0.15, 0.2) is 18.2 Å². The molecule has 1 unspecified atom stereocenters. The smallest absolute Gasteiger partial charge is 0.237 e. The van der Waals surface area contributed by atoms with Crippen LogP contribution in [0, 0.1) is 5.82 Å². The van der Waals surface area contributed by atoms with Crippen molar-refractivity contribution < 1.29 is 9.18 Å². The number of carbonyl (C=O) groups excluding carboxylic acids is 1. The van der Waals surface area contributed by atoms with Gasteiger partial charge in [0.05, 0.1) is 6.04 Å². The molecular formula is C14H18FN3OS. The van der Waals surface area contributed by atoms with Crippen molar-refractivity contribution in [2.75, 3.05) is 13.1 Å². The van der Waals surface area contributed by atoms with E-state index in [-0.39, 0.29) is 22.5 Å². The van der Waals surface area contributed by atoms with E-state index in [0.717, 1.165) is 18.5 Å². The van der Waals surface area contributed by atoms with Crippen LogP contribution >= 0.6 is 12.2 Å². The fourth-order valence-electron chi connectivity index (χ4n) is 2.49. The number of thiocarbonyl (C=S) groups is 1. The Labute approximate surface area is 123 Å². The Kier molecular flexibility index (Phi) is 4.67. The number of benzene rings is 1. The fraction of sp³-hybridized carbons (Fsp3) is 0.429. The van der Waals surface area contributed by atoms with E-state index in [9.17, 15) is 9.18 Å². The summed E-state index contributed by atoms with van der Waals surface area (Å²) >= 11 is 4.84. The van der Waals surface area contributed by atoms with Crippen molar-refractivity contribution in [1.82, 2.24) is 10.2 Å². The summed E-state index contributed by atoms with van der Waals surface area (Å²) < 4.78 is 13.6. The summed E-state index contributed by atoms with van der Waals surface area (Å²) in [5.41, 5.74) is 6.67. The fourth-order valence-corrected chi connectivity index (χ4v) is 2.65. The lowest BCUT2D eigenvalue weighted by Gasteiger charge is -2.34. The number of halogens is 1. The predicted molar refractivity (Wildman–Crippen MR) is 79.8 cm³/mol. The Morgan fingerprint density at radius 1 is 1.60 bits per heavy atom. The van der Waals surface area contributed by atoms with Crippen LogP contribution in [0.5, 0.6) is 0 Å². The molecule has 0 bridgehead atoms. The number of nitrogens with one attached hydrogen (secondary N) is 1. The van der Waals surface area contributed by atoms with Crippen molar-refractivity contribution in [2.45, 2.75) is 25.9 Å². The molecule has 2 rings (SSSR count). The van der Waals surface area contributed by atoms with Gasteiger partial charge < -0.3 is 11.1 Å². The van der Waals surface area contributed by atoms with Crippen LogP contribution in [0.2, 0.25) is 0 Å². The second-order valence-corrected chi connectivity index (χ2v) is 5.30. The summed E-state index contributed by atoms with van der Waals surface area (Å²) in [5, 5.41) is 2.86. The van der Waals surface area contributed by atoms with Crippen molar-refractivity contribution in [1.29, 1.82) is 0 Å². The zero-order valence-corrected chi connectivity index (χ0v) is 12.2. The average molecular weight is 295 g/mol. The number of nitrogens with two attached hydrogens (primary N) is 1. The Morgan fingerprint density at radius 3 is 3.00 bits per heavy atom. The quantitative estimate of drug-likeness (QED) is 0.819. The number of nitrogens with zero attached hydrogens (tertiary/aromatic N) is 1. The van der Waals surface area contributed by atoms with Gasteiger partial charge in [0.25, 0.3) is 0 Å². The molecule has 6 heteroatoms. The zero-order valence-electron chi connectivity index (χ0n) is 11.4. The van der Waals surface area contributed by atoms with E-state index < -0.39 is 5.82 Å². The van der Waals surface area contributed by atoms with Gasteiger partial charge in [0, 0.05) is 25.2 Å². The van der Waals surface area contributed by atoms with Crippen LogP contribution in [0.4, 0.5) is 4.39 Å². The minimum absolute atomic E-state index is 0.0489. The molecule has 1 aromatic carbocycles. The van der Waals surface area contributed by atoms with Crippen LogP contribution in [0.1, 0.15) is 24.5 Å².